The molecule has 110 valence electrons. The molecule has 0 fully saturated rings. The van der Waals surface area contributed by atoms with Gasteiger partial charge in [0.25, 0.3) is 0 Å². The van der Waals surface area contributed by atoms with Crippen LogP contribution < -0.4 is 10.6 Å². The smallest absolute Gasteiger partial charge is 0.246 e. The van der Waals surface area contributed by atoms with Crippen molar-refractivity contribution in [2.45, 2.75) is 45.6 Å². The zero-order valence-corrected chi connectivity index (χ0v) is 12.3. The summed E-state index contributed by atoms with van der Waals surface area (Å²) in [5.74, 6) is 1.98. The van der Waals surface area contributed by atoms with Gasteiger partial charge in [0, 0.05) is 13.6 Å². The Morgan fingerprint density at radius 3 is 2.95 bits per heavy atom. The molecule has 0 radical (unpaired) electrons. The van der Waals surface area contributed by atoms with Crippen molar-refractivity contribution in [3.05, 3.63) is 23.4 Å². The monoisotopic (exact) mass is 277 g/mol. The molecule has 0 bridgehead atoms. The minimum atomic E-state index is 0.489. The zero-order valence-electron chi connectivity index (χ0n) is 12.3. The number of hydrogen-bond donors (Lipinski definition) is 2. The minimum Gasteiger partial charge on any atom is -0.356 e. The molecule has 0 aliphatic heterocycles. The molecule has 1 aliphatic carbocycles. The van der Waals surface area contributed by atoms with E-state index in [1.165, 1.54) is 25.7 Å². The van der Waals surface area contributed by atoms with E-state index in [1.807, 2.05) is 0 Å². The number of nitrogens with zero attached hydrogens (tertiary/aromatic N) is 3. The van der Waals surface area contributed by atoms with E-state index in [1.54, 1.807) is 19.5 Å². The third kappa shape index (κ3) is 4.68. The van der Waals surface area contributed by atoms with Gasteiger partial charge < -0.3 is 15.2 Å². The predicted octanol–water partition coefficient (Wildman–Crippen LogP) is 1.93. The third-order valence-corrected chi connectivity index (χ3v) is 3.32. The lowest BCUT2D eigenvalue weighted by molar-refractivity contribution is 0.371. The fraction of sp³-hybridized carbons (Fsp3) is 0.643. The van der Waals surface area contributed by atoms with E-state index in [9.17, 15) is 0 Å². The van der Waals surface area contributed by atoms with Gasteiger partial charge in [0.1, 0.15) is 0 Å². The molecular formula is C14H23N5O. The van der Waals surface area contributed by atoms with Crippen LogP contribution in [0.3, 0.4) is 0 Å². The van der Waals surface area contributed by atoms with E-state index >= 15 is 0 Å². The lowest BCUT2D eigenvalue weighted by Crippen LogP contribution is -2.37. The van der Waals surface area contributed by atoms with Crippen molar-refractivity contribution >= 4 is 5.96 Å². The Balaban J connectivity index is 1.68. The summed E-state index contributed by atoms with van der Waals surface area (Å²) in [5, 5.41) is 10.2. The molecule has 0 saturated heterocycles. The summed E-state index contributed by atoms with van der Waals surface area (Å²) >= 11 is 0. The summed E-state index contributed by atoms with van der Waals surface area (Å²) in [6.07, 6.45) is 8.61. The topological polar surface area (TPSA) is 75.3 Å². The molecule has 0 atom stereocenters. The van der Waals surface area contributed by atoms with E-state index in [0.29, 0.717) is 18.3 Å². The van der Waals surface area contributed by atoms with Crippen LogP contribution in [-0.2, 0) is 6.54 Å². The van der Waals surface area contributed by atoms with Crippen molar-refractivity contribution in [1.82, 2.24) is 20.8 Å². The van der Waals surface area contributed by atoms with Crippen LogP contribution in [0.1, 0.15) is 43.8 Å². The molecule has 1 heterocycles. The second kappa shape index (κ2) is 7.67. The van der Waals surface area contributed by atoms with Crippen molar-refractivity contribution < 1.29 is 4.52 Å². The van der Waals surface area contributed by atoms with Gasteiger partial charge in [-0.15, -0.1) is 0 Å². The van der Waals surface area contributed by atoms with Crippen LogP contribution in [0, 0.1) is 6.92 Å². The number of aromatic nitrogens is 2. The maximum absolute atomic E-state index is 5.04. The van der Waals surface area contributed by atoms with Gasteiger partial charge in [0.2, 0.25) is 5.89 Å². The number of aliphatic imine (C=N–C) groups is 1. The summed E-state index contributed by atoms with van der Waals surface area (Å²) in [4.78, 5) is 8.32. The highest BCUT2D eigenvalue weighted by molar-refractivity contribution is 5.79. The Bertz CT molecular complexity index is 478. The van der Waals surface area contributed by atoms with Crippen LogP contribution in [0.15, 0.2) is 21.2 Å². The first-order chi connectivity index (χ1) is 9.78. The van der Waals surface area contributed by atoms with Crippen LogP contribution in [0.2, 0.25) is 0 Å². The van der Waals surface area contributed by atoms with Crippen LogP contribution >= 0.6 is 0 Å². The highest BCUT2D eigenvalue weighted by Crippen LogP contribution is 2.19. The Morgan fingerprint density at radius 2 is 2.30 bits per heavy atom. The fourth-order valence-electron chi connectivity index (χ4n) is 2.26. The largest absolute Gasteiger partial charge is 0.356 e. The molecule has 0 unspecified atom stereocenters. The minimum absolute atomic E-state index is 0.489. The number of nitrogens with one attached hydrogen (secondary N) is 2. The lowest BCUT2D eigenvalue weighted by Gasteiger charge is -2.14. The Hall–Kier alpha value is -1.85. The van der Waals surface area contributed by atoms with E-state index in [2.05, 4.69) is 31.8 Å². The third-order valence-electron chi connectivity index (χ3n) is 3.32. The van der Waals surface area contributed by atoms with Crippen molar-refractivity contribution in [2.75, 3.05) is 13.6 Å². The fourth-order valence-corrected chi connectivity index (χ4v) is 2.26. The highest BCUT2D eigenvalue weighted by atomic mass is 16.5. The molecule has 0 amide bonds. The highest BCUT2D eigenvalue weighted by Gasteiger charge is 2.06. The summed E-state index contributed by atoms with van der Waals surface area (Å²) < 4.78 is 5.04. The first-order valence-corrected chi connectivity index (χ1v) is 7.19. The second-order valence-electron chi connectivity index (χ2n) is 4.95. The molecule has 0 spiro atoms. The summed E-state index contributed by atoms with van der Waals surface area (Å²) in [6.45, 7) is 3.19. The van der Waals surface area contributed by atoms with Crippen LogP contribution in [0.25, 0.3) is 0 Å². The van der Waals surface area contributed by atoms with Crippen molar-refractivity contribution in [3.63, 3.8) is 0 Å². The maximum Gasteiger partial charge on any atom is 0.246 e. The van der Waals surface area contributed by atoms with Gasteiger partial charge in [-0.2, -0.15) is 4.98 Å². The Morgan fingerprint density at radius 1 is 1.40 bits per heavy atom. The van der Waals surface area contributed by atoms with E-state index < -0.39 is 0 Å². The number of allylic oxidation sites excluding steroid dienone is 1. The van der Waals surface area contributed by atoms with Gasteiger partial charge in [-0.3, -0.25) is 4.99 Å². The first kappa shape index (κ1) is 14.6. The van der Waals surface area contributed by atoms with Crippen LogP contribution in [-0.4, -0.2) is 29.7 Å². The van der Waals surface area contributed by atoms with Gasteiger partial charge in [-0.25, -0.2) is 0 Å². The summed E-state index contributed by atoms with van der Waals surface area (Å²) in [6, 6.07) is 0. The number of aryl methyl sites for hydroxylation is 1. The standard InChI is InChI=1S/C14H23N5O/c1-11-18-13(20-19-11)10-17-14(15-2)16-9-8-12-6-4-3-5-7-12/h6H,3-5,7-10H2,1-2H3,(H2,15,16,17). The summed E-state index contributed by atoms with van der Waals surface area (Å²) in [7, 11) is 1.76. The first-order valence-electron chi connectivity index (χ1n) is 7.19. The molecule has 0 saturated carbocycles. The molecule has 1 aliphatic rings. The molecule has 1 aromatic rings. The lowest BCUT2D eigenvalue weighted by atomic mass is 9.97. The van der Waals surface area contributed by atoms with Gasteiger partial charge >= 0.3 is 0 Å². The normalized spacial score (nSPS) is 15.9. The Kier molecular flexibility index (Phi) is 5.58. The van der Waals surface area contributed by atoms with Crippen LogP contribution in [0.4, 0.5) is 0 Å². The summed E-state index contributed by atoms with van der Waals surface area (Å²) in [5.41, 5.74) is 1.56. The van der Waals surface area contributed by atoms with Crippen molar-refractivity contribution in [3.8, 4) is 0 Å². The predicted molar refractivity (Wildman–Crippen MR) is 78.4 cm³/mol. The van der Waals surface area contributed by atoms with Crippen LogP contribution in [0.5, 0.6) is 0 Å². The molecule has 1 aromatic heterocycles. The zero-order chi connectivity index (χ0) is 14.2. The SMILES string of the molecule is CN=C(NCCC1=CCCCC1)NCc1nc(C)no1. The molecule has 0 aromatic carbocycles. The second-order valence-corrected chi connectivity index (χ2v) is 4.95. The maximum atomic E-state index is 5.04. The molecule has 6 heteroatoms. The molecule has 2 rings (SSSR count). The molecule has 20 heavy (non-hydrogen) atoms. The van der Waals surface area contributed by atoms with Gasteiger partial charge in [0.15, 0.2) is 11.8 Å². The van der Waals surface area contributed by atoms with Crippen molar-refractivity contribution in [1.29, 1.82) is 0 Å². The van der Waals surface area contributed by atoms with Gasteiger partial charge in [-0.05, 0) is 39.0 Å². The van der Waals surface area contributed by atoms with E-state index in [0.717, 1.165) is 18.9 Å². The van der Waals surface area contributed by atoms with Crippen molar-refractivity contribution in [2.24, 2.45) is 4.99 Å². The van der Waals surface area contributed by atoms with Gasteiger partial charge in [-0.1, -0.05) is 16.8 Å². The average molecular weight is 277 g/mol. The van der Waals surface area contributed by atoms with Gasteiger partial charge in [0.05, 0.1) is 6.54 Å². The number of guanidine groups is 1. The van der Waals surface area contributed by atoms with E-state index in [-0.39, 0.29) is 0 Å². The average Bonchev–Trinajstić information content (AvgIpc) is 2.89. The quantitative estimate of drug-likeness (QED) is 0.488. The number of hydrogen-bond acceptors (Lipinski definition) is 4. The molecule has 2 N–H and O–H groups in total. The Labute approximate surface area is 119 Å². The molecular weight excluding hydrogens is 254 g/mol. The molecule has 6 nitrogen and oxygen atoms in total. The van der Waals surface area contributed by atoms with E-state index in [4.69, 9.17) is 4.52 Å². The number of rotatable bonds is 5.